The summed E-state index contributed by atoms with van der Waals surface area (Å²) in [6.07, 6.45) is 4.22. The lowest BCUT2D eigenvalue weighted by molar-refractivity contribution is -0.143. The van der Waals surface area contributed by atoms with E-state index < -0.39 is 12.0 Å². The first-order valence-corrected chi connectivity index (χ1v) is 5.84. The van der Waals surface area contributed by atoms with Gasteiger partial charge in [-0.15, -0.1) is 0 Å². The van der Waals surface area contributed by atoms with E-state index in [0.717, 1.165) is 0 Å². The molecule has 0 aliphatic carbocycles. The number of esters is 1. The number of aromatic nitrogens is 1. The minimum absolute atomic E-state index is 0.332. The van der Waals surface area contributed by atoms with Crippen LogP contribution in [0.15, 0.2) is 24.5 Å². The van der Waals surface area contributed by atoms with Gasteiger partial charge in [0, 0.05) is 24.4 Å². The van der Waals surface area contributed by atoms with Crippen molar-refractivity contribution in [2.24, 2.45) is 0 Å². The van der Waals surface area contributed by atoms with Crippen LogP contribution in [0.25, 0.3) is 0 Å². The lowest BCUT2D eigenvalue weighted by Gasteiger charge is -2.15. The van der Waals surface area contributed by atoms with Crippen molar-refractivity contribution >= 4 is 11.9 Å². The van der Waals surface area contributed by atoms with Gasteiger partial charge in [0.25, 0.3) is 5.91 Å². The second-order valence-corrected chi connectivity index (χ2v) is 3.84. The van der Waals surface area contributed by atoms with E-state index in [-0.39, 0.29) is 5.91 Å². The molecule has 1 aromatic rings. The van der Waals surface area contributed by atoms with Gasteiger partial charge in [-0.05, 0) is 25.0 Å². The highest BCUT2D eigenvalue weighted by atomic mass is 16.5. The summed E-state index contributed by atoms with van der Waals surface area (Å²) < 4.78 is 4.63. The Bertz CT molecular complexity index is 468. The van der Waals surface area contributed by atoms with E-state index in [9.17, 15) is 9.59 Å². The van der Waals surface area contributed by atoms with Crippen LogP contribution in [0.1, 0.15) is 29.6 Å². The molecule has 0 aromatic carbocycles. The molecule has 0 aliphatic rings. The van der Waals surface area contributed by atoms with E-state index in [0.29, 0.717) is 24.8 Å². The van der Waals surface area contributed by atoms with Gasteiger partial charge in [0.1, 0.15) is 6.04 Å². The maximum atomic E-state index is 11.9. The third-order valence-corrected chi connectivity index (χ3v) is 2.51. The first-order valence-electron chi connectivity index (χ1n) is 5.84. The normalized spacial score (nSPS) is 11.2. The monoisotopic (exact) mass is 261 g/mol. The molecule has 0 saturated carbocycles. The molecule has 0 radical (unpaired) electrons. The fraction of sp³-hybridized carbons (Fsp3) is 0.385. The van der Waals surface area contributed by atoms with Crippen molar-refractivity contribution in [2.45, 2.75) is 25.3 Å². The smallest absolute Gasteiger partial charge is 0.328 e. The Hall–Kier alpha value is -2.42. The molecule has 1 heterocycles. The fourth-order valence-corrected chi connectivity index (χ4v) is 1.52. The summed E-state index contributed by atoms with van der Waals surface area (Å²) in [5, 5.41) is 11.1. The molecule has 1 aromatic heterocycles. The lowest BCUT2D eigenvalue weighted by atomic mass is 10.1. The number of hydrogen-bond donors (Lipinski definition) is 1. The summed E-state index contributed by atoms with van der Waals surface area (Å²) in [7, 11) is 1.26. The molecule has 0 unspecified atom stereocenters. The van der Waals surface area contributed by atoms with Gasteiger partial charge in [0.2, 0.25) is 0 Å². The van der Waals surface area contributed by atoms with E-state index in [2.05, 4.69) is 15.0 Å². The molecule has 0 saturated heterocycles. The molecule has 0 spiro atoms. The maximum absolute atomic E-state index is 11.9. The number of unbranched alkanes of at least 4 members (excludes halogenated alkanes) is 1. The van der Waals surface area contributed by atoms with E-state index >= 15 is 0 Å². The SMILES string of the molecule is COC(=O)[C@H](CCCC#N)NC(=O)c1ccncc1. The molecule has 0 fully saturated rings. The number of nitrogens with one attached hydrogen (secondary N) is 1. The number of rotatable bonds is 6. The molecule has 1 amide bonds. The summed E-state index contributed by atoms with van der Waals surface area (Å²) >= 11 is 0. The minimum Gasteiger partial charge on any atom is -0.467 e. The molecule has 19 heavy (non-hydrogen) atoms. The van der Waals surface area contributed by atoms with Crippen molar-refractivity contribution in [3.63, 3.8) is 0 Å². The summed E-state index contributed by atoms with van der Waals surface area (Å²) in [4.78, 5) is 27.2. The van der Waals surface area contributed by atoms with Crippen molar-refractivity contribution in [3.8, 4) is 6.07 Å². The van der Waals surface area contributed by atoms with E-state index in [1.54, 1.807) is 12.1 Å². The van der Waals surface area contributed by atoms with E-state index in [1.165, 1.54) is 19.5 Å². The number of carbonyl (C=O) groups excluding carboxylic acids is 2. The molecule has 1 rings (SSSR count). The highest BCUT2D eigenvalue weighted by molar-refractivity contribution is 5.96. The predicted octanol–water partition coefficient (Wildman–Crippen LogP) is 1.05. The molecular formula is C13H15N3O3. The van der Waals surface area contributed by atoms with Crippen LogP contribution in [0, 0.1) is 11.3 Å². The summed E-state index contributed by atoms with van der Waals surface area (Å²) in [5.41, 5.74) is 0.421. The number of pyridine rings is 1. The number of nitriles is 1. The lowest BCUT2D eigenvalue weighted by Crippen LogP contribution is -2.41. The third-order valence-electron chi connectivity index (χ3n) is 2.51. The summed E-state index contributed by atoms with van der Waals surface area (Å²) in [6.45, 7) is 0. The van der Waals surface area contributed by atoms with Gasteiger partial charge in [-0.3, -0.25) is 9.78 Å². The maximum Gasteiger partial charge on any atom is 0.328 e. The third kappa shape index (κ3) is 4.76. The van der Waals surface area contributed by atoms with Crippen molar-refractivity contribution < 1.29 is 14.3 Å². The number of nitrogens with zero attached hydrogens (tertiary/aromatic N) is 2. The number of ether oxygens (including phenoxy) is 1. The quantitative estimate of drug-likeness (QED) is 0.610. The molecule has 0 bridgehead atoms. The Morgan fingerprint density at radius 1 is 1.47 bits per heavy atom. The van der Waals surface area contributed by atoms with Crippen LogP contribution in [0.4, 0.5) is 0 Å². The van der Waals surface area contributed by atoms with Gasteiger partial charge in [-0.25, -0.2) is 4.79 Å². The topological polar surface area (TPSA) is 92.1 Å². The van der Waals surface area contributed by atoms with Crippen LogP contribution in [0.3, 0.4) is 0 Å². The Labute approximate surface area is 111 Å². The molecule has 6 heteroatoms. The highest BCUT2D eigenvalue weighted by Gasteiger charge is 2.21. The van der Waals surface area contributed by atoms with Gasteiger partial charge < -0.3 is 10.1 Å². The van der Waals surface area contributed by atoms with E-state index in [4.69, 9.17) is 5.26 Å². The van der Waals surface area contributed by atoms with Crippen LogP contribution in [-0.4, -0.2) is 30.0 Å². The zero-order chi connectivity index (χ0) is 14.1. The molecular weight excluding hydrogens is 246 g/mol. The largest absolute Gasteiger partial charge is 0.467 e. The average molecular weight is 261 g/mol. The summed E-state index contributed by atoms with van der Waals surface area (Å²) in [6, 6.07) is 4.36. The zero-order valence-electron chi connectivity index (χ0n) is 10.6. The Morgan fingerprint density at radius 2 is 2.16 bits per heavy atom. The zero-order valence-corrected chi connectivity index (χ0v) is 10.6. The van der Waals surface area contributed by atoms with Gasteiger partial charge in [-0.2, -0.15) is 5.26 Å². The molecule has 6 nitrogen and oxygen atoms in total. The molecule has 1 atom stereocenters. The number of hydrogen-bond acceptors (Lipinski definition) is 5. The van der Waals surface area contributed by atoms with Crippen molar-refractivity contribution in [1.82, 2.24) is 10.3 Å². The van der Waals surface area contributed by atoms with Crippen molar-refractivity contribution in [1.29, 1.82) is 5.26 Å². The van der Waals surface area contributed by atoms with Gasteiger partial charge in [0.15, 0.2) is 0 Å². The van der Waals surface area contributed by atoms with Crippen LogP contribution < -0.4 is 5.32 Å². The Morgan fingerprint density at radius 3 is 2.74 bits per heavy atom. The Balaban J connectivity index is 2.64. The first-order chi connectivity index (χ1) is 9.19. The van der Waals surface area contributed by atoms with E-state index in [1.807, 2.05) is 6.07 Å². The number of amides is 1. The van der Waals surface area contributed by atoms with Crippen molar-refractivity contribution in [2.75, 3.05) is 7.11 Å². The first kappa shape index (κ1) is 14.6. The fourth-order valence-electron chi connectivity index (χ4n) is 1.52. The second-order valence-electron chi connectivity index (χ2n) is 3.84. The summed E-state index contributed by atoms with van der Waals surface area (Å²) in [5.74, 6) is -0.880. The van der Waals surface area contributed by atoms with Crippen LogP contribution in [-0.2, 0) is 9.53 Å². The molecule has 1 N–H and O–H groups in total. The number of methoxy groups -OCH3 is 1. The van der Waals surface area contributed by atoms with Gasteiger partial charge in [0.05, 0.1) is 13.2 Å². The highest BCUT2D eigenvalue weighted by Crippen LogP contribution is 2.05. The van der Waals surface area contributed by atoms with Crippen LogP contribution in [0.2, 0.25) is 0 Å². The Kier molecular flexibility index (Phi) is 6.03. The average Bonchev–Trinajstić information content (AvgIpc) is 2.46. The van der Waals surface area contributed by atoms with Crippen molar-refractivity contribution in [3.05, 3.63) is 30.1 Å². The molecule has 0 aliphatic heterocycles. The van der Waals surface area contributed by atoms with Crippen LogP contribution in [0.5, 0.6) is 0 Å². The minimum atomic E-state index is -0.737. The van der Waals surface area contributed by atoms with Gasteiger partial charge >= 0.3 is 5.97 Å². The van der Waals surface area contributed by atoms with Gasteiger partial charge in [-0.1, -0.05) is 0 Å². The van der Waals surface area contributed by atoms with Crippen LogP contribution >= 0.6 is 0 Å². The predicted molar refractivity (Wildman–Crippen MR) is 67.0 cm³/mol. The second kappa shape index (κ2) is 7.82. The molecule has 100 valence electrons. The number of carbonyl (C=O) groups is 2. The standard InChI is InChI=1S/C13H15N3O3/c1-19-13(18)11(4-2-3-7-14)16-12(17)10-5-8-15-9-6-10/h5-6,8-9,11H,2-4H2,1H3,(H,16,17)/t11-/m0/s1.